The minimum atomic E-state index is -0.514. The molecule has 0 amide bonds. The summed E-state index contributed by atoms with van der Waals surface area (Å²) < 4.78 is 14.9. The summed E-state index contributed by atoms with van der Waals surface area (Å²) in [4.78, 5) is 15.7. The molecule has 1 aromatic heterocycles. The van der Waals surface area contributed by atoms with Gasteiger partial charge in [0, 0.05) is 12.5 Å². The van der Waals surface area contributed by atoms with Crippen LogP contribution in [0.1, 0.15) is 42.9 Å². The molecule has 0 fully saturated rings. The number of nitrogens with zero attached hydrogens (tertiary/aromatic N) is 1. The van der Waals surface area contributed by atoms with Crippen LogP contribution in [0.15, 0.2) is 4.42 Å². The highest BCUT2D eigenvalue weighted by Crippen LogP contribution is 2.26. The molecule has 0 unspecified atom stereocenters. The number of hydrogen-bond acceptors (Lipinski definition) is 5. The van der Waals surface area contributed by atoms with Gasteiger partial charge in [0.05, 0.1) is 12.8 Å². The number of carbonyl (C=O) groups excluding carboxylic acids is 1. The van der Waals surface area contributed by atoms with Gasteiger partial charge in [-0.25, -0.2) is 9.78 Å². The molecule has 0 atom stereocenters. The number of methoxy groups -OCH3 is 2. The fraction of sp³-hybridized carbons (Fsp3) is 0.636. The second-order valence-electron chi connectivity index (χ2n) is 4.46. The zero-order chi connectivity index (χ0) is 12.3. The summed E-state index contributed by atoms with van der Waals surface area (Å²) in [5, 5.41) is 0. The molecule has 0 aliphatic heterocycles. The third kappa shape index (κ3) is 2.61. The molecule has 1 heterocycles. The van der Waals surface area contributed by atoms with Crippen molar-refractivity contribution in [2.75, 3.05) is 14.2 Å². The summed E-state index contributed by atoms with van der Waals surface area (Å²) in [7, 11) is 2.85. The molecule has 0 aromatic carbocycles. The lowest BCUT2D eigenvalue weighted by molar-refractivity contribution is 0.0554. The molecule has 0 bridgehead atoms. The monoisotopic (exact) mass is 227 g/mol. The number of ether oxygens (including phenoxy) is 2. The van der Waals surface area contributed by atoms with Crippen LogP contribution in [0, 0.1) is 0 Å². The zero-order valence-corrected chi connectivity index (χ0v) is 10.3. The molecular weight excluding hydrogens is 210 g/mol. The second-order valence-corrected chi connectivity index (χ2v) is 4.46. The van der Waals surface area contributed by atoms with Crippen LogP contribution in [0.25, 0.3) is 0 Å². The van der Waals surface area contributed by atoms with Crippen molar-refractivity contribution >= 4 is 5.97 Å². The lowest BCUT2D eigenvalue weighted by Crippen LogP contribution is -2.17. The van der Waals surface area contributed by atoms with Gasteiger partial charge in [-0.1, -0.05) is 20.8 Å². The van der Waals surface area contributed by atoms with E-state index in [9.17, 15) is 4.79 Å². The van der Waals surface area contributed by atoms with Crippen molar-refractivity contribution in [2.45, 2.75) is 32.8 Å². The van der Waals surface area contributed by atoms with Gasteiger partial charge in [-0.15, -0.1) is 0 Å². The molecule has 1 rings (SSSR count). The highest BCUT2D eigenvalue weighted by molar-refractivity contribution is 5.87. The molecule has 1 aromatic rings. The second kappa shape index (κ2) is 4.65. The summed E-state index contributed by atoms with van der Waals surface area (Å²) in [5.74, 6) is 0.0228. The molecule has 0 saturated heterocycles. The first-order chi connectivity index (χ1) is 7.40. The van der Waals surface area contributed by atoms with Crippen LogP contribution in [-0.4, -0.2) is 25.2 Å². The van der Waals surface area contributed by atoms with Crippen LogP contribution in [0.2, 0.25) is 0 Å². The predicted octanol–water partition coefficient (Wildman–Crippen LogP) is 1.91. The minimum absolute atomic E-state index is 0.155. The molecule has 0 saturated carbocycles. The largest absolute Gasteiger partial charge is 0.463 e. The maximum atomic E-state index is 11.5. The van der Waals surface area contributed by atoms with Gasteiger partial charge in [0.1, 0.15) is 6.61 Å². The van der Waals surface area contributed by atoms with Gasteiger partial charge in [-0.2, -0.15) is 0 Å². The smallest absolute Gasteiger partial charge is 0.376 e. The van der Waals surface area contributed by atoms with Crippen molar-refractivity contribution < 1.29 is 18.7 Å². The predicted molar refractivity (Wildman–Crippen MR) is 57.3 cm³/mol. The standard InChI is InChI=1S/C11H17NO4/c1-11(2,3)9-8(10(13)15-5)16-7(12-9)6-14-4/h6H2,1-5H3. The molecule has 0 aliphatic rings. The maximum absolute atomic E-state index is 11.5. The van der Waals surface area contributed by atoms with Crippen LogP contribution in [0.3, 0.4) is 0 Å². The first kappa shape index (κ1) is 12.7. The van der Waals surface area contributed by atoms with E-state index in [1.165, 1.54) is 7.11 Å². The van der Waals surface area contributed by atoms with Crippen molar-refractivity contribution in [3.05, 3.63) is 17.3 Å². The van der Waals surface area contributed by atoms with E-state index in [1.54, 1.807) is 7.11 Å². The highest BCUT2D eigenvalue weighted by atomic mass is 16.5. The topological polar surface area (TPSA) is 61.6 Å². The van der Waals surface area contributed by atoms with Gasteiger partial charge >= 0.3 is 5.97 Å². The van der Waals surface area contributed by atoms with Gasteiger partial charge in [-0.05, 0) is 0 Å². The number of hydrogen-bond donors (Lipinski definition) is 0. The summed E-state index contributed by atoms with van der Waals surface area (Å²) in [6.07, 6.45) is 0. The molecule has 0 radical (unpaired) electrons. The fourth-order valence-corrected chi connectivity index (χ4v) is 1.29. The Labute approximate surface area is 94.8 Å². The SMILES string of the molecule is COCc1nc(C(C)(C)C)c(C(=O)OC)o1. The summed E-state index contributed by atoms with van der Waals surface area (Å²) in [6, 6.07) is 0. The van der Waals surface area contributed by atoms with E-state index in [2.05, 4.69) is 9.72 Å². The Bertz CT molecular complexity index is 376. The first-order valence-corrected chi connectivity index (χ1v) is 4.97. The van der Waals surface area contributed by atoms with Crippen LogP contribution < -0.4 is 0 Å². The number of carbonyl (C=O) groups is 1. The van der Waals surface area contributed by atoms with Crippen molar-refractivity contribution in [3.63, 3.8) is 0 Å². The van der Waals surface area contributed by atoms with E-state index in [1.807, 2.05) is 20.8 Å². The Kier molecular flexibility index (Phi) is 3.70. The van der Waals surface area contributed by atoms with Crippen LogP contribution in [0.5, 0.6) is 0 Å². The summed E-state index contributed by atoms with van der Waals surface area (Å²) >= 11 is 0. The Hall–Kier alpha value is -1.36. The molecular formula is C11H17NO4. The Balaban J connectivity index is 3.18. The first-order valence-electron chi connectivity index (χ1n) is 4.97. The van der Waals surface area contributed by atoms with Crippen molar-refractivity contribution in [1.82, 2.24) is 4.98 Å². The number of esters is 1. The van der Waals surface area contributed by atoms with Crippen LogP contribution in [0.4, 0.5) is 0 Å². The van der Waals surface area contributed by atoms with Crippen LogP contribution >= 0.6 is 0 Å². The van der Waals surface area contributed by atoms with Crippen molar-refractivity contribution in [3.8, 4) is 0 Å². The van der Waals surface area contributed by atoms with Gasteiger partial charge in [0.2, 0.25) is 11.7 Å². The number of aromatic nitrogens is 1. The van der Waals surface area contributed by atoms with E-state index in [0.29, 0.717) is 11.6 Å². The Morgan fingerprint density at radius 2 is 2.00 bits per heavy atom. The average molecular weight is 227 g/mol. The number of rotatable bonds is 3. The molecule has 16 heavy (non-hydrogen) atoms. The fourth-order valence-electron chi connectivity index (χ4n) is 1.29. The highest BCUT2D eigenvalue weighted by Gasteiger charge is 2.29. The van der Waals surface area contributed by atoms with Gasteiger partial charge in [0.25, 0.3) is 0 Å². The molecule has 0 spiro atoms. The summed E-state index contributed by atoms with van der Waals surface area (Å²) in [6.45, 7) is 6.09. The zero-order valence-electron chi connectivity index (χ0n) is 10.3. The van der Waals surface area contributed by atoms with Crippen LogP contribution in [-0.2, 0) is 21.5 Å². The maximum Gasteiger partial charge on any atom is 0.376 e. The molecule has 5 nitrogen and oxygen atoms in total. The normalized spacial score (nSPS) is 11.6. The van der Waals surface area contributed by atoms with E-state index in [0.717, 1.165) is 0 Å². The molecule has 5 heteroatoms. The molecule has 0 aliphatic carbocycles. The van der Waals surface area contributed by atoms with Gasteiger partial charge in [0.15, 0.2) is 0 Å². The lowest BCUT2D eigenvalue weighted by atomic mass is 9.91. The quantitative estimate of drug-likeness (QED) is 0.738. The Morgan fingerprint density at radius 1 is 1.38 bits per heavy atom. The Morgan fingerprint density at radius 3 is 2.44 bits per heavy atom. The average Bonchev–Trinajstić information content (AvgIpc) is 2.61. The third-order valence-corrected chi connectivity index (χ3v) is 2.02. The lowest BCUT2D eigenvalue weighted by Gasteiger charge is -2.15. The molecule has 0 N–H and O–H groups in total. The molecule has 90 valence electrons. The van der Waals surface area contributed by atoms with Crippen molar-refractivity contribution in [2.24, 2.45) is 0 Å². The van der Waals surface area contributed by atoms with E-state index in [-0.39, 0.29) is 17.8 Å². The third-order valence-electron chi connectivity index (χ3n) is 2.02. The van der Waals surface area contributed by atoms with E-state index >= 15 is 0 Å². The van der Waals surface area contributed by atoms with Gasteiger partial charge < -0.3 is 13.9 Å². The van der Waals surface area contributed by atoms with E-state index < -0.39 is 5.97 Å². The summed E-state index contributed by atoms with van der Waals surface area (Å²) in [5.41, 5.74) is 0.311. The van der Waals surface area contributed by atoms with Gasteiger partial charge in [-0.3, -0.25) is 0 Å². The minimum Gasteiger partial charge on any atom is -0.463 e. The van der Waals surface area contributed by atoms with E-state index in [4.69, 9.17) is 9.15 Å². The number of oxazole rings is 1. The van der Waals surface area contributed by atoms with Crippen molar-refractivity contribution in [1.29, 1.82) is 0 Å².